The van der Waals surface area contributed by atoms with Gasteiger partial charge in [0, 0.05) is 47.7 Å². The first-order valence-electron chi connectivity index (χ1n) is 13.4. The second-order valence-corrected chi connectivity index (χ2v) is 9.46. The van der Waals surface area contributed by atoms with E-state index in [1.165, 1.54) is 50.1 Å². The molecule has 0 aliphatic heterocycles. The number of carbonyl (C=O) groups is 2. The summed E-state index contributed by atoms with van der Waals surface area (Å²) in [5.74, 6) is 0.0405. The summed E-state index contributed by atoms with van der Waals surface area (Å²) < 4.78 is 0. The average molecular weight is 531 g/mol. The Kier molecular flexibility index (Phi) is 27.2. The molecule has 0 saturated carbocycles. The predicted octanol–water partition coefficient (Wildman–Crippen LogP) is 4.90. The van der Waals surface area contributed by atoms with E-state index in [0.717, 1.165) is 25.7 Å². The number of unbranched alkanes of at least 4 members (excludes halogenated alkanes) is 8. The van der Waals surface area contributed by atoms with Crippen LogP contribution in [0.1, 0.15) is 84.0 Å². The third-order valence-corrected chi connectivity index (χ3v) is 5.54. The summed E-state index contributed by atoms with van der Waals surface area (Å²) in [6.07, 6.45) is 22.5. The highest BCUT2D eigenvalue weighted by Gasteiger charge is 2.13. The van der Waals surface area contributed by atoms with Crippen molar-refractivity contribution in [3.8, 4) is 0 Å². The molecule has 9 heteroatoms. The Bertz CT molecular complexity index is 572. The fraction of sp³-hybridized carbons (Fsp3) is 0.778. The van der Waals surface area contributed by atoms with Gasteiger partial charge in [-0.25, -0.2) is 10.0 Å². The topological polar surface area (TPSA) is 87.6 Å². The van der Waals surface area contributed by atoms with Crippen molar-refractivity contribution in [1.82, 2.24) is 20.0 Å². The average Bonchev–Trinajstić information content (AvgIpc) is 2.81. The second-order valence-electron chi connectivity index (χ2n) is 9.08. The first-order valence-corrected chi connectivity index (χ1v) is 13.8. The van der Waals surface area contributed by atoms with Gasteiger partial charge in [0.15, 0.2) is 0 Å². The van der Waals surface area contributed by atoms with E-state index in [-0.39, 0.29) is 24.4 Å². The van der Waals surface area contributed by atoms with Crippen LogP contribution < -0.4 is 0 Å². The Balaban J connectivity index is 0. The number of thiol groups is 1. The van der Waals surface area contributed by atoms with E-state index < -0.39 is 0 Å². The van der Waals surface area contributed by atoms with Gasteiger partial charge in [0.1, 0.15) is 0 Å². The molecule has 0 rings (SSSR count). The van der Waals surface area contributed by atoms with Gasteiger partial charge in [0.25, 0.3) is 0 Å². The number of hydrazine groups is 2. The molecule has 0 atom stereocenters. The Labute approximate surface area is 226 Å². The molecule has 36 heavy (non-hydrogen) atoms. The van der Waals surface area contributed by atoms with Crippen LogP contribution >= 0.6 is 12.6 Å². The molecule has 0 unspecified atom stereocenters. The minimum Gasteiger partial charge on any atom is -0.395 e. The Morgan fingerprint density at radius 3 is 1.61 bits per heavy atom. The summed E-state index contributed by atoms with van der Waals surface area (Å²) in [7, 11) is 7.09. The number of hydrogen-bond donors (Lipinski definition) is 3. The van der Waals surface area contributed by atoms with E-state index in [2.05, 4.69) is 43.9 Å². The third kappa shape index (κ3) is 23.0. The number of amides is 2. The number of allylic oxidation sites excluding steroid dienone is 4. The van der Waals surface area contributed by atoms with Gasteiger partial charge in [-0.2, -0.15) is 5.12 Å². The van der Waals surface area contributed by atoms with Crippen molar-refractivity contribution in [2.24, 2.45) is 0 Å². The lowest BCUT2D eigenvalue weighted by Crippen LogP contribution is -2.47. The molecule has 0 aromatic heterocycles. The maximum atomic E-state index is 11.9. The zero-order valence-electron chi connectivity index (χ0n) is 23.6. The van der Waals surface area contributed by atoms with Crippen LogP contribution in [0.15, 0.2) is 24.3 Å². The first-order chi connectivity index (χ1) is 17.2. The van der Waals surface area contributed by atoms with Crippen molar-refractivity contribution in [2.75, 3.05) is 54.5 Å². The molecular formula is C27H54N4O4S. The number of hydrogen-bond acceptors (Lipinski definition) is 6. The van der Waals surface area contributed by atoms with Crippen LogP contribution in [0, 0.1) is 0 Å². The molecule has 2 N–H and O–H groups in total. The van der Waals surface area contributed by atoms with Gasteiger partial charge in [-0.3, -0.25) is 9.59 Å². The summed E-state index contributed by atoms with van der Waals surface area (Å²) in [6.45, 7) is 2.78. The molecule has 8 nitrogen and oxygen atoms in total. The van der Waals surface area contributed by atoms with Crippen LogP contribution in [0.5, 0.6) is 0 Å². The number of aliphatic hydroxyl groups excluding tert-OH is 2. The zero-order valence-corrected chi connectivity index (χ0v) is 24.5. The van der Waals surface area contributed by atoms with Crippen molar-refractivity contribution in [3.63, 3.8) is 0 Å². The van der Waals surface area contributed by atoms with Crippen LogP contribution in [0.4, 0.5) is 4.79 Å². The molecule has 2 amide bonds. The Hall–Kier alpha value is -1.39. The highest BCUT2D eigenvalue weighted by molar-refractivity contribution is 7.96. The minimum atomic E-state index is -0.296. The van der Waals surface area contributed by atoms with E-state index in [9.17, 15) is 9.59 Å². The summed E-state index contributed by atoms with van der Waals surface area (Å²) in [5.41, 5.74) is 0. The molecule has 0 heterocycles. The van der Waals surface area contributed by atoms with Crippen LogP contribution in [-0.4, -0.2) is 95.9 Å². The lowest BCUT2D eigenvalue weighted by Gasteiger charge is -2.31. The molecule has 0 radical (unpaired) electrons. The highest BCUT2D eigenvalue weighted by atomic mass is 32.1. The second kappa shape index (κ2) is 26.7. The minimum absolute atomic E-state index is 0.0405. The predicted molar refractivity (Wildman–Crippen MR) is 154 cm³/mol. The van der Waals surface area contributed by atoms with Crippen LogP contribution in [0.25, 0.3) is 0 Å². The third-order valence-electron chi connectivity index (χ3n) is 5.36. The van der Waals surface area contributed by atoms with Crippen molar-refractivity contribution < 1.29 is 19.8 Å². The fourth-order valence-electron chi connectivity index (χ4n) is 3.55. The maximum Gasteiger partial charge on any atom is 0.307 e. The van der Waals surface area contributed by atoms with E-state index in [1.54, 1.807) is 43.1 Å². The van der Waals surface area contributed by atoms with Gasteiger partial charge in [-0.05, 0) is 38.5 Å². The van der Waals surface area contributed by atoms with Crippen molar-refractivity contribution in [1.29, 1.82) is 0 Å². The molecule has 0 fully saturated rings. The maximum absolute atomic E-state index is 11.9. The summed E-state index contributed by atoms with van der Waals surface area (Å²) >= 11 is 3.68. The van der Waals surface area contributed by atoms with E-state index in [0.29, 0.717) is 19.5 Å². The molecule has 0 aliphatic carbocycles. The smallest absolute Gasteiger partial charge is 0.307 e. The lowest BCUT2D eigenvalue weighted by molar-refractivity contribution is -0.132. The largest absolute Gasteiger partial charge is 0.395 e. The Morgan fingerprint density at radius 2 is 1.19 bits per heavy atom. The van der Waals surface area contributed by atoms with Gasteiger partial charge in [-0.15, -0.1) is 0 Å². The molecular weight excluding hydrogens is 476 g/mol. The monoisotopic (exact) mass is 530 g/mol. The van der Waals surface area contributed by atoms with Crippen molar-refractivity contribution >= 4 is 23.8 Å². The van der Waals surface area contributed by atoms with Gasteiger partial charge in [0.2, 0.25) is 5.91 Å². The fourth-order valence-corrected chi connectivity index (χ4v) is 3.91. The number of nitrogens with zero attached hydrogens (tertiary/aromatic N) is 4. The number of rotatable bonds is 20. The highest BCUT2D eigenvalue weighted by Crippen LogP contribution is 2.09. The lowest BCUT2D eigenvalue weighted by atomic mass is 10.1. The van der Waals surface area contributed by atoms with Crippen LogP contribution in [0.2, 0.25) is 0 Å². The molecule has 0 bridgehead atoms. The molecule has 0 saturated heterocycles. The number of aliphatic hydroxyl groups is 2. The summed E-state index contributed by atoms with van der Waals surface area (Å²) in [6, 6.07) is 0. The standard InChI is InChI=1S/C22H41NO3.C5H13N3OS/c1-2-3-4-5-6-7-8-9-10-11-12-13-14-15-16-17-22(26)23(18-20-24)19-21-25;1-6(2)8(5(9)10)7(3)4/h6-7,9-10,24-25H,2-5,8,11-21H2,1H3;1-4H3,(H,9,10)/b7-6-,10-9-;. The normalized spacial score (nSPS) is 11.4. The molecule has 0 aromatic carbocycles. The van der Waals surface area contributed by atoms with Crippen LogP contribution in [-0.2, 0) is 4.79 Å². The summed E-state index contributed by atoms with van der Waals surface area (Å²) in [4.78, 5) is 24.2. The zero-order chi connectivity index (χ0) is 27.6. The first kappa shape index (κ1) is 36.8. The molecule has 0 spiro atoms. The number of carbonyl (C=O) groups excluding carboxylic acids is 2. The van der Waals surface area contributed by atoms with Crippen molar-refractivity contribution in [2.45, 2.75) is 84.0 Å². The molecule has 0 aliphatic rings. The quantitative estimate of drug-likeness (QED) is 0.0898. The van der Waals surface area contributed by atoms with Gasteiger partial charge < -0.3 is 15.1 Å². The van der Waals surface area contributed by atoms with E-state index in [4.69, 9.17) is 10.2 Å². The Morgan fingerprint density at radius 1 is 0.722 bits per heavy atom. The molecule has 0 aromatic rings. The SMILES string of the molecule is CCCCC/C=C\C/C=C\CCCCCCCC(=O)N(CCO)CCO.CN(C)N(C(=O)S)N(C)C. The summed E-state index contributed by atoms with van der Waals surface area (Å²) in [5, 5.41) is 22.3. The van der Waals surface area contributed by atoms with Gasteiger partial charge in [-0.1, -0.05) is 76.0 Å². The van der Waals surface area contributed by atoms with E-state index >= 15 is 0 Å². The van der Waals surface area contributed by atoms with Gasteiger partial charge in [0.05, 0.1) is 13.2 Å². The van der Waals surface area contributed by atoms with Gasteiger partial charge >= 0.3 is 5.24 Å². The van der Waals surface area contributed by atoms with Crippen LogP contribution in [0.3, 0.4) is 0 Å². The molecule has 212 valence electrons. The van der Waals surface area contributed by atoms with Crippen molar-refractivity contribution in [3.05, 3.63) is 24.3 Å². The van der Waals surface area contributed by atoms with E-state index in [1.807, 2.05) is 0 Å².